The molecule has 1 aliphatic rings. The number of rotatable bonds is 5. The Balaban J connectivity index is 2.07. The van der Waals surface area contributed by atoms with E-state index >= 15 is 0 Å². The van der Waals surface area contributed by atoms with Gasteiger partial charge in [0.25, 0.3) is 0 Å². The summed E-state index contributed by atoms with van der Waals surface area (Å²) >= 11 is 0. The van der Waals surface area contributed by atoms with E-state index in [0.717, 1.165) is 32.6 Å². The third-order valence-corrected chi connectivity index (χ3v) is 5.22. The molecular formula is C14H21NO3S. The Morgan fingerprint density at radius 3 is 2.84 bits per heavy atom. The van der Waals surface area contributed by atoms with E-state index in [1.54, 1.807) is 19.1 Å². The minimum atomic E-state index is -3.18. The molecule has 0 amide bonds. The molecule has 0 bridgehead atoms. The number of ether oxygens (including phenoxy) is 1. The summed E-state index contributed by atoms with van der Waals surface area (Å²) in [6, 6.07) is 7.11. The minimum Gasteiger partial charge on any atom is -0.384 e. The average molecular weight is 283 g/mol. The van der Waals surface area contributed by atoms with Crippen LogP contribution in [0.25, 0.3) is 0 Å². The van der Waals surface area contributed by atoms with Gasteiger partial charge >= 0.3 is 0 Å². The van der Waals surface area contributed by atoms with Crippen molar-refractivity contribution in [3.63, 3.8) is 0 Å². The van der Waals surface area contributed by atoms with Gasteiger partial charge in [-0.1, -0.05) is 19.1 Å². The highest BCUT2D eigenvalue weighted by molar-refractivity contribution is 7.91. The van der Waals surface area contributed by atoms with Gasteiger partial charge in [0.1, 0.15) is 0 Å². The molecule has 0 saturated carbocycles. The van der Waals surface area contributed by atoms with Crippen molar-refractivity contribution in [2.24, 2.45) is 5.92 Å². The summed E-state index contributed by atoms with van der Waals surface area (Å²) in [5.41, 5.74) is 0.704. The number of benzene rings is 1. The van der Waals surface area contributed by atoms with Crippen LogP contribution in [0.5, 0.6) is 0 Å². The Hall–Kier alpha value is -1.07. The van der Waals surface area contributed by atoms with Gasteiger partial charge in [-0.2, -0.15) is 0 Å². The predicted molar refractivity (Wildman–Crippen MR) is 76.2 cm³/mol. The molecule has 4 nitrogen and oxygen atoms in total. The van der Waals surface area contributed by atoms with E-state index < -0.39 is 9.84 Å². The molecule has 0 radical (unpaired) electrons. The van der Waals surface area contributed by atoms with E-state index in [-0.39, 0.29) is 5.75 Å². The molecule has 1 saturated heterocycles. The van der Waals surface area contributed by atoms with Crippen molar-refractivity contribution in [1.29, 1.82) is 0 Å². The van der Waals surface area contributed by atoms with Gasteiger partial charge in [0, 0.05) is 13.2 Å². The molecule has 5 heteroatoms. The topological polar surface area (TPSA) is 55.4 Å². The zero-order valence-corrected chi connectivity index (χ0v) is 12.1. The van der Waals surface area contributed by atoms with Crippen molar-refractivity contribution in [3.8, 4) is 0 Å². The third kappa shape index (κ3) is 3.70. The molecular weight excluding hydrogens is 262 g/mol. The first kappa shape index (κ1) is 14.3. The van der Waals surface area contributed by atoms with Gasteiger partial charge in [-0.25, -0.2) is 8.42 Å². The van der Waals surface area contributed by atoms with E-state index in [0.29, 0.717) is 16.5 Å². The van der Waals surface area contributed by atoms with Crippen LogP contribution in [0.3, 0.4) is 0 Å². The van der Waals surface area contributed by atoms with E-state index in [1.807, 2.05) is 12.1 Å². The fourth-order valence-electron chi connectivity index (χ4n) is 2.26. The summed E-state index contributed by atoms with van der Waals surface area (Å²) in [5, 5.41) is 3.26. The first-order valence-corrected chi connectivity index (χ1v) is 8.42. The van der Waals surface area contributed by atoms with Crippen molar-refractivity contribution in [2.45, 2.75) is 24.7 Å². The maximum absolute atomic E-state index is 12.0. The van der Waals surface area contributed by atoms with Gasteiger partial charge in [-0.05, 0) is 30.9 Å². The van der Waals surface area contributed by atoms with Gasteiger partial charge in [-0.15, -0.1) is 0 Å². The molecule has 1 fully saturated rings. The van der Waals surface area contributed by atoms with Crippen molar-refractivity contribution >= 4 is 15.5 Å². The van der Waals surface area contributed by atoms with Crippen molar-refractivity contribution in [2.75, 3.05) is 30.8 Å². The lowest BCUT2D eigenvalue weighted by Gasteiger charge is -2.23. The van der Waals surface area contributed by atoms with Gasteiger partial charge in [0.15, 0.2) is 9.84 Å². The molecule has 19 heavy (non-hydrogen) atoms. The Morgan fingerprint density at radius 2 is 2.16 bits per heavy atom. The largest absolute Gasteiger partial charge is 0.384 e. The Bertz CT molecular complexity index is 507. The van der Waals surface area contributed by atoms with Crippen LogP contribution < -0.4 is 5.32 Å². The summed E-state index contributed by atoms with van der Waals surface area (Å²) < 4.78 is 29.4. The second-order valence-corrected chi connectivity index (χ2v) is 7.11. The zero-order chi connectivity index (χ0) is 13.7. The monoisotopic (exact) mass is 283 g/mol. The lowest BCUT2D eigenvalue weighted by Crippen LogP contribution is -2.24. The quantitative estimate of drug-likeness (QED) is 0.901. The van der Waals surface area contributed by atoms with E-state index in [9.17, 15) is 8.42 Å². The highest BCUT2D eigenvalue weighted by Gasteiger charge is 2.18. The highest BCUT2D eigenvalue weighted by Crippen LogP contribution is 2.23. The zero-order valence-electron chi connectivity index (χ0n) is 11.3. The molecule has 1 aromatic carbocycles. The van der Waals surface area contributed by atoms with Crippen LogP contribution in [-0.2, 0) is 14.6 Å². The molecule has 0 aromatic heterocycles. The smallest absolute Gasteiger partial charge is 0.180 e. The summed E-state index contributed by atoms with van der Waals surface area (Å²) in [5.74, 6) is 0.587. The number of anilines is 1. The maximum Gasteiger partial charge on any atom is 0.180 e. The Kier molecular flexibility index (Phi) is 4.82. The lowest BCUT2D eigenvalue weighted by atomic mass is 10.0. The average Bonchev–Trinajstić information content (AvgIpc) is 2.46. The lowest BCUT2D eigenvalue weighted by molar-refractivity contribution is 0.0595. The minimum absolute atomic E-state index is 0.123. The van der Waals surface area contributed by atoms with Crippen molar-refractivity contribution in [1.82, 2.24) is 0 Å². The molecule has 1 aliphatic heterocycles. The Labute approximate surface area is 115 Å². The standard InChI is InChI=1S/C14H21NO3S/c1-2-19(16,17)14-8-4-3-7-13(14)15-10-12-6-5-9-18-11-12/h3-4,7-8,12,15H,2,5-6,9-11H2,1H3. The second kappa shape index (κ2) is 6.39. The first-order valence-electron chi connectivity index (χ1n) is 6.77. The van der Waals surface area contributed by atoms with Gasteiger partial charge < -0.3 is 10.1 Å². The second-order valence-electron chi connectivity index (χ2n) is 4.86. The van der Waals surface area contributed by atoms with E-state index in [1.165, 1.54) is 0 Å². The van der Waals surface area contributed by atoms with E-state index in [2.05, 4.69) is 5.32 Å². The molecule has 0 aliphatic carbocycles. The van der Waals surface area contributed by atoms with Crippen LogP contribution in [0.15, 0.2) is 29.2 Å². The maximum atomic E-state index is 12.0. The molecule has 1 N–H and O–H groups in total. The van der Waals surface area contributed by atoms with Crippen LogP contribution in [-0.4, -0.2) is 33.9 Å². The van der Waals surface area contributed by atoms with Gasteiger partial charge in [-0.3, -0.25) is 0 Å². The summed E-state index contributed by atoms with van der Waals surface area (Å²) in [4.78, 5) is 0.397. The first-order chi connectivity index (χ1) is 9.13. The number of para-hydroxylation sites is 1. The third-order valence-electron chi connectivity index (χ3n) is 3.44. The molecule has 1 unspecified atom stereocenters. The van der Waals surface area contributed by atoms with E-state index in [4.69, 9.17) is 4.74 Å². The van der Waals surface area contributed by atoms with Gasteiger partial charge in [0.2, 0.25) is 0 Å². The molecule has 1 atom stereocenters. The fourth-order valence-corrected chi connectivity index (χ4v) is 3.33. The molecule has 106 valence electrons. The molecule has 1 heterocycles. The number of nitrogens with one attached hydrogen (secondary N) is 1. The number of hydrogen-bond acceptors (Lipinski definition) is 4. The van der Waals surface area contributed by atoms with Crippen LogP contribution in [0, 0.1) is 5.92 Å². The summed E-state index contributed by atoms with van der Waals surface area (Å²) in [6.07, 6.45) is 2.22. The van der Waals surface area contributed by atoms with Crippen LogP contribution >= 0.6 is 0 Å². The highest BCUT2D eigenvalue weighted by atomic mass is 32.2. The van der Waals surface area contributed by atoms with Crippen molar-refractivity contribution < 1.29 is 13.2 Å². The van der Waals surface area contributed by atoms with Crippen molar-refractivity contribution in [3.05, 3.63) is 24.3 Å². The Morgan fingerprint density at radius 1 is 1.37 bits per heavy atom. The molecule has 2 rings (SSSR count). The normalized spacial score (nSPS) is 20.2. The molecule has 0 spiro atoms. The molecule has 1 aromatic rings. The van der Waals surface area contributed by atoms with Gasteiger partial charge in [0.05, 0.1) is 22.9 Å². The van der Waals surface area contributed by atoms with Crippen LogP contribution in [0.1, 0.15) is 19.8 Å². The summed E-state index contributed by atoms with van der Waals surface area (Å²) in [6.45, 7) is 4.03. The van der Waals surface area contributed by atoms with Crippen LogP contribution in [0.4, 0.5) is 5.69 Å². The SMILES string of the molecule is CCS(=O)(=O)c1ccccc1NCC1CCCOC1. The van der Waals surface area contributed by atoms with Crippen LogP contribution in [0.2, 0.25) is 0 Å². The number of hydrogen-bond donors (Lipinski definition) is 1. The fraction of sp³-hybridized carbons (Fsp3) is 0.571. The number of sulfone groups is 1. The summed E-state index contributed by atoms with van der Waals surface area (Å²) in [7, 11) is -3.18. The predicted octanol–water partition coefficient (Wildman–Crippen LogP) is 2.32.